The summed E-state index contributed by atoms with van der Waals surface area (Å²) < 4.78 is 5.34. The zero-order chi connectivity index (χ0) is 25.5. The Labute approximate surface area is 216 Å². The van der Waals surface area contributed by atoms with Gasteiger partial charge in [0.15, 0.2) is 0 Å². The van der Waals surface area contributed by atoms with Crippen molar-refractivity contribution >= 4 is 28.6 Å². The molecule has 3 aliphatic rings. The molecule has 0 bridgehead atoms. The second kappa shape index (κ2) is 9.57. The first-order chi connectivity index (χ1) is 18.0. The maximum Gasteiger partial charge on any atom is 0.246 e. The number of carbonyl (C=O) groups excluding carboxylic acids is 3. The quantitative estimate of drug-likeness (QED) is 0.562. The molecule has 1 aromatic heterocycles. The minimum absolute atomic E-state index is 0.0840. The average molecular weight is 501 g/mol. The molecule has 1 aliphatic carbocycles. The van der Waals surface area contributed by atoms with Gasteiger partial charge in [-0.2, -0.15) is 0 Å². The number of ether oxygens (including phenoxy) is 1. The molecule has 192 valence electrons. The first kappa shape index (κ1) is 23.6. The first-order valence-corrected chi connectivity index (χ1v) is 13.2. The number of para-hydroxylation sites is 1. The van der Waals surface area contributed by atoms with Gasteiger partial charge in [-0.15, -0.1) is 0 Å². The van der Waals surface area contributed by atoms with Crippen molar-refractivity contribution in [3.63, 3.8) is 0 Å². The third kappa shape index (κ3) is 4.24. The molecule has 0 unspecified atom stereocenters. The topological polar surface area (TPSA) is 94.7 Å². The predicted octanol–water partition coefficient (Wildman–Crippen LogP) is 3.31. The highest BCUT2D eigenvalue weighted by Gasteiger charge is 2.48. The third-order valence-electron chi connectivity index (χ3n) is 8.08. The Kier molecular flexibility index (Phi) is 6.10. The molecule has 2 fully saturated rings. The van der Waals surface area contributed by atoms with Gasteiger partial charge in [-0.05, 0) is 42.2 Å². The molecule has 37 heavy (non-hydrogen) atoms. The minimum atomic E-state index is -0.664. The van der Waals surface area contributed by atoms with E-state index < -0.39 is 12.1 Å². The van der Waals surface area contributed by atoms with E-state index in [-0.39, 0.29) is 36.9 Å². The smallest absolute Gasteiger partial charge is 0.246 e. The molecule has 3 aromatic rings. The van der Waals surface area contributed by atoms with E-state index >= 15 is 0 Å². The molecule has 0 radical (unpaired) electrons. The summed E-state index contributed by atoms with van der Waals surface area (Å²) in [5.41, 5.74) is 3.87. The number of carbonyl (C=O) groups is 3. The lowest BCUT2D eigenvalue weighted by Crippen LogP contribution is -2.64. The summed E-state index contributed by atoms with van der Waals surface area (Å²) >= 11 is 0. The van der Waals surface area contributed by atoms with Gasteiger partial charge < -0.3 is 24.8 Å². The highest BCUT2D eigenvalue weighted by Crippen LogP contribution is 2.42. The van der Waals surface area contributed by atoms with Gasteiger partial charge in [-0.25, -0.2) is 0 Å². The number of hydrogen-bond donors (Lipinski definition) is 2. The van der Waals surface area contributed by atoms with Crippen LogP contribution in [-0.2, 0) is 20.8 Å². The molecule has 3 heterocycles. The standard InChI is InChI=1S/C29H32N4O4/c1-37-20-13-11-18(12-14-20)28-27-22(21-9-5-6-10-23(21)31-27)15-24-29(36)32(17-26(35)33(24)28)16-25(34)30-19-7-3-2-4-8-19/h5-6,9-14,19,24,28,31H,2-4,7-8,15-17H2,1H3,(H,30,34)/t24-,28+/m0/s1. The van der Waals surface area contributed by atoms with Crippen LogP contribution in [-0.4, -0.2) is 64.8 Å². The fourth-order valence-electron chi connectivity index (χ4n) is 6.28. The highest BCUT2D eigenvalue weighted by atomic mass is 16.5. The number of nitrogens with one attached hydrogen (secondary N) is 2. The second-order valence-corrected chi connectivity index (χ2v) is 10.4. The number of fused-ring (bicyclic) bond motifs is 4. The molecule has 2 aromatic carbocycles. The monoisotopic (exact) mass is 500 g/mol. The van der Waals surface area contributed by atoms with Gasteiger partial charge in [0.1, 0.15) is 24.9 Å². The number of H-pyrrole nitrogens is 1. The third-order valence-corrected chi connectivity index (χ3v) is 8.08. The van der Waals surface area contributed by atoms with E-state index in [1.165, 1.54) is 11.3 Å². The van der Waals surface area contributed by atoms with Gasteiger partial charge in [0.25, 0.3) is 0 Å². The zero-order valence-electron chi connectivity index (χ0n) is 21.0. The number of benzene rings is 2. The van der Waals surface area contributed by atoms with Crippen molar-refractivity contribution in [3.8, 4) is 5.75 Å². The maximum absolute atomic E-state index is 13.8. The van der Waals surface area contributed by atoms with Crippen molar-refractivity contribution in [2.24, 2.45) is 0 Å². The number of rotatable bonds is 5. The van der Waals surface area contributed by atoms with E-state index in [2.05, 4.69) is 16.4 Å². The van der Waals surface area contributed by atoms with Crippen LogP contribution in [0.25, 0.3) is 10.9 Å². The zero-order valence-corrected chi connectivity index (χ0v) is 21.0. The Morgan fingerprint density at radius 1 is 1.05 bits per heavy atom. The molecule has 6 rings (SSSR count). The van der Waals surface area contributed by atoms with Gasteiger partial charge in [0.2, 0.25) is 17.7 Å². The second-order valence-electron chi connectivity index (χ2n) is 10.4. The summed E-state index contributed by atoms with van der Waals surface area (Å²) in [6.07, 6.45) is 5.79. The fourth-order valence-corrected chi connectivity index (χ4v) is 6.28. The van der Waals surface area contributed by atoms with E-state index in [4.69, 9.17) is 4.74 Å². The summed E-state index contributed by atoms with van der Waals surface area (Å²) in [6.45, 7) is -0.186. The molecule has 3 amide bonds. The summed E-state index contributed by atoms with van der Waals surface area (Å²) in [7, 11) is 1.62. The van der Waals surface area contributed by atoms with Crippen LogP contribution in [0.4, 0.5) is 0 Å². The average Bonchev–Trinajstić information content (AvgIpc) is 3.29. The van der Waals surface area contributed by atoms with E-state index in [1.807, 2.05) is 42.5 Å². The van der Waals surface area contributed by atoms with Crippen molar-refractivity contribution in [2.75, 3.05) is 20.2 Å². The van der Waals surface area contributed by atoms with Crippen LogP contribution in [0.5, 0.6) is 5.75 Å². The van der Waals surface area contributed by atoms with Gasteiger partial charge >= 0.3 is 0 Å². The first-order valence-electron chi connectivity index (χ1n) is 13.2. The lowest BCUT2D eigenvalue weighted by Gasteiger charge is -2.47. The van der Waals surface area contributed by atoms with Gasteiger partial charge in [-0.3, -0.25) is 14.4 Å². The van der Waals surface area contributed by atoms with Crippen LogP contribution in [0, 0.1) is 0 Å². The Balaban J connectivity index is 1.33. The Hall–Kier alpha value is -3.81. The number of nitrogens with zero attached hydrogens (tertiary/aromatic N) is 2. The molecule has 1 saturated heterocycles. The number of piperazine rings is 1. The van der Waals surface area contributed by atoms with Crippen LogP contribution >= 0.6 is 0 Å². The van der Waals surface area contributed by atoms with Crippen LogP contribution in [0.1, 0.15) is 55.0 Å². The molecule has 0 spiro atoms. The summed E-state index contributed by atoms with van der Waals surface area (Å²) in [6, 6.07) is 14.7. The lowest BCUT2D eigenvalue weighted by molar-refractivity contribution is -0.159. The Bertz CT molecular complexity index is 1340. The molecule has 2 N–H and O–H groups in total. The molecule has 2 atom stereocenters. The minimum Gasteiger partial charge on any atom is -0.497 e. The molecule has 8 nitrogen and oxygen atoms in total. The fraction of sp³-hybridized carbons (Fsp3) is 0.414. The summed E-state index contributed by atoms with van der Waals surface area (Å²) in [4.78, 5) is 47.0. The van der Waals surface area contributed by atoms with Crippen LogP contribution in [0.2, 0.25) is 0 Å². The largest absolute Gasteiger partial charge is 0.497 e. The van der Waals surface area contributed by atoms with Crippen molar-refractivity contribution < 1.29 is 19.1 Å². The predicted molar refractivity (Wildman–Crippen MR) is 139 cm³/mol. The van der Waals surface area contributed by atoms with Crippen molar-refractivity contribution in [3.05, 3.63) is 65.4 Å². The van der Waals surface area contributed by atoms with E-state index in [0.717, 1.165) is 59.2 Å². The van der Waals surface area contributed by atoms with Crippen molar-refractivity contribution in [2.45, 2.75) is 56.7 Å². The molecule has 8 heteroatoms. The normalized spacial score (nSPS) is 22.1. The van der Waals surface area contributed by atoms with E-state index in [0.29, 0.717) is 6.42 Å². The van der Waals surface area contributed by atoms with Gasteiger partial charge in [-0.1, -0.05) is 49.6 Å². The number of hydrogen-bond acceptors (Lipinski definition) is 4. The van der Waals surface area contributed by atoms with Crippen LogP contribution in [0.15, 0.2) is 48.5 Å². The SMILES string of the molecule is COc1ccc([C@@H]2c3[nH]c4ccccc4c3C[C@H]3C(=O)N(CC(=O)NC4CCCCC4)CC(=O)N23)cc1. The summed E-state index contributed by atoms with van der Waals surface area (Å²) in [5, 5.41) is 4.14. The number of methoxy groups -OCH3 is 1. The summed E-state index contributed by atoms with van der Waals surface area (Å²) in [5.74, 6) is 0.217. The lowest BCUT2D eigenvalue weighted by atomic mass is 9.86. The Morgan fingerprint density at radius 2 is 1.81 bits per heavy atom. The van der Waals surface area contributed by atoms with Gasteiger partial charge in [0, 0.05) is 29.1 Å². The van der Waals surface area contributed by atoms with Gasteiger partial charge in [0.05, 0.1) is 13.2 Å². The molecular weight excluding hydrogens is 468 g/mol. The number of aromatic amines is 1. The van der Waals surface area contributed by atoms with Crippen LogP contribution in [0.3, 0.4) is 0 Å². The van der Waals surface area contributed by atoms with E-state index in [9.17, 15) is 14.4 Å². The molecule has 1 saturated carbocycles. The highest BCUT2D eigenvalue weighted by molar-refractivity contribution is 5.99. The van der Waals surface area contributed by atoms with Crippen molar-refractivity contribution in [1.82, 2.24) is 20.1 Å². The number of aromatic nitrogens is 1. The maximum atomic E-state index is 13.8. The number of amides is 3. The molecular formula is C29H32N4O4. The Morgan fingerprint density at radius 3 is 2.57 bits per heavy atom. The molecule has 2 aliphatic heterocycles. The van der Waals surface area contributed by atoms with E-state index in [1.54, 1.807) is 12.0 Å². The van der Waals surface area contributed by atoms with Crippen molar-refractivity contribution in [1.29, 1.82) is 0 Å². The van der Waals surface area contributed by atoms with Crippen LogP contribution < -0.4 is 10.1 Å².